The molecular formula is C19H20FN2O4+. The van der Waals surface area contributed by atoms with Crippen molar-refractivity contribution in [2.45, 2.75) is 6.04 Å². The summed E-state index contributed by atoms with van der Waals surface area (Å²) in [5.74, 6) is -1.87. The van der Waals surface area contributed by atoms with Crippen LogP contribution in [0, 0.1) is 5.82 Å². The number of likely N-dealkylation sites (N-methyl/N-ethyl adjacent to an activating group) is 1. The molecule has 2 heterocycles. The Hall–Kier alpha value is -2.93. The molecule has 0 radical (unpaired) electrons. The van der Waals surface area contributed by atoms with Gasteiger partial charge in [-0.15, -0.1) is 0 Å². The van der Waals surface area contributed by atoms with Crippen LogP contribution >= 0.6 is 0 Å². The van der Waals surface area contributed by atoms with Gasteiger partial charge in [0.25, 0.3) is 11.7 Å². The van der Waals surface area contributed by atoms with E-state index in [1.807, 2.05) is 14.1 Å². The first-order chi connectivity index (χ1) is 12.4. The number of Topliss-reactive ketones (excluding diaryl/α,β-unsaturated/α-hetero) is 1. The van der Waals surface area contributed by atoms with Crippen LogP contribution in [-0.4, -0.2) is 48.9 Å². The van der Waals surface area contributed by atoms with Gasteiger partial charge >= 0.3 is 0 Å². The summed E-state index contributed by atoms with van der Waals surface area (Å²) < 4.78 is 18.6. The molecule has 0 saturated carbocycles. The molecule has 2 aromatic rings. The highest BCUT2D eigenvalue weighted by molar-refractivity contribution is 6.46. The highest BCUT2D eigenvalue weighted by atomic mass is 19.1. The standard InChI is InChI=1S/C19H19FN2O4/c1-21(2)9-10-22-16(14-4-3-11-26-14)15(18(24)19(22)25)17(23)12-5-7-13(20)8-6-12/h3-8,11,16,23H,9-10H2,1-2H3/p+1/t16-/m0/s1. The first-order valence-electron chi connectivity index (χ1n) is 8.27. The van der Waals surface area contributed by atoms with E-state index in [1.165, 1.54) is 35.4 Å². The summed E-state index contributed by atoms with van der Waals surface area (Å²) in [4.78, 5) is 27.7. The second kappa shape index (κ2) is 7.13. The molecule has 6 nitrogen and oxygen atoms in total. The Morgan fingerprint density at radius 2 is 1.92 bits per heavy atom. The zero-order valence-corrected chi connectivity index (χ0v) is 14.5. The third-order valence-corrected chi connectivity index (χ3v) is 4.32. The zero-order valence-electron chi connectivity index (χ0n) is 14.5. The summed E-state index contributed by atoms with van der Waals surface area (Å²) in [5.41, 5.74) is 0.213. The molecule has 0 spiro atoms. The first-order valence-corrected chi connectivity index (χ1v) is 8.27. The average molecular weight is 359 g/mol. The number of hydrogen-bond acceptors (Lipinski definition) is 4. The lowest BCUT2D eigenvalue weighted by atomic mass is 9.99. The van der Waals surface area contributed by atoms with Crippen molar-refractivity contribution < 1.29 is 28.4 Å². The molecule has 1 aliphatic heterocycles. The van der Waals surface area contributed by atoms with Gasteiger partial charge in [0, 0.05) is 5.56 Å². The van der Waals surface area contributed by atoms with Gasteiger partial charge in [0.1, 0.15) is 23.4 Å². The van der Waals surface area contributed by atoms with Crippen molar-refractivity contribution in [3.8, 4) is 0 Å². The number of furan rings is 1. The number of nitrogens with one attached hydrogen (secondary N) is 1. The fraction of sp³-hybridized carbons (Fsp3) is 0.263. The molecule has 2 N–H and O–H groups in total. The summed E-state index contributed by atoms with van der Waals surface area (Å²) in [6, 6.07) is 7.59. The van der Waals surface area contributed by atoms with Crippen molar-refractivity contribution in [3.05, 3.63) is 65.4 Å². The molecule has 26 heavy (non-hydrogen) atoms. The Kier molecular flexibility index (Phi) is 4.90. The molecule has 0 bridgehead atoms. The number of ketones is 1. The van der Waals surface area contributed by atoms with Gasteiger partial charge in [-0.2, -0.15) is 0 Å². The maximum absolute atomic E-state index is 13.2. The predicted molar refractivity (Wildman–Crippen MR) is 91.8 cm³/mol. The van der Waals surface area contributed by atoms with Gasteiger partial charge in [-0.25, -0.2) is 4.39 Å². The van der Waals surface area contributed by atoms with Crippen LogP contribution in [-0.2, 0) is 9.59 Å². The van der Waals surface area contributed by atoms with Gasteiger partial charge in [0.05, 0.1) is 39.0 Å². The van der Waals surface area contributed by atoms with E-state index in [-0.39, 0.29) is 16.9 Å². The Morgan fingerprint density at radius 1 is 1.23 bits per heavy atom. The smallest absolute Gasteiger partial charge is 0.295 e. The number of aliphatic hydroxyl groups excluding tert-OH is 1. The van der Waals surface area contributed by atoms with Crippen molar-refractivity contribution >= 4 is 17.4 Å². The summed E-state index contributed by atoms with van der Waals surface area (Å²) in [7, 11) is 3.88. The summed E-state index contributed by atoms with van der Waals surface area (Å²) in [6.07, 6.45) is 1.45. The largest absolute Gasteiger partial charge is 0.507 e. The highest BCUT2D eigenvalue weighted by Gasteiger charge is 2.47. The van der Waals surface area contributed by atoms with Crippen LogP contribution in [0.4, 0.5) is 4.39 Å². The molecule has 136 valence electrons. The van der Waals surface area contributed by atoms with E-state index in [9.17, 15) is 19.1 Å². The minimum absolute atomic E-state index is 0.0506. The van der Waals surface area contributed by atoms with Crippen LogP contribution in [0.1, 0.15) is 17.4 Å². The zero-order chi connectivity index (χ0) is 18.8. The number of benzene rings is 1. The normalized spacial score (nSPS) is 19.5. The first kappa shape index (κ1) is 17.9. The van der Waals surface area contributed by atoms with E-state index >= 15 is 0 Å². The van der Waals surface area contributed by atoms with Gasteiger partial charge < -0.3 is 19.3 Å². The summed E-state index contributed by atoms with van der Waals surface area (Å²) in [5, 5.41) is 10.7. The lowest BCUT2D eigenvalue weighted by Crippen LogP contribution is -3.06. The number of quaternary nitrogens is 1. The number of aliphatic hydroxyl groups is 1. The Labute approximate surface area is 150 Å². The molecule has 7 heteroatoms. The minimum atomic E-state index is -0.811. The topological polar surface area (TPSA) is 75.2 Å². The van der Waals surface area contributed by atoms with Crippen LogP contribution < -0.4 is 4.90 Å². The molecule has 0 aliphatic carbocycles. The maximum atomic E-state index is 13.2. The van der Waals surface area contributed by atoms with Crippen molar-refractivity contribution in [1.82, 2.24) is 4.90 Å². The number of hydrogen-bond donors (Lipinski definition) is 2. The number of halogens is 1. The quantitative estimate of drug-likeness (QED) is 0.474. The molecule has 3 rings (SSSR count). The lowest BCUT2D eigenvalue weighted by molar-refractivity contribution is -0.857. The highest BCUT2D eigenvalue weighted by Crippen LogP contribution is 2.39. The van der Waals surface area contributed by atoms with Gasteiger partial charge in [0.15, 0.2) is 0 Å². The number of likely N-dealkylation sites (tertiary alicyclic amines) is 1. The van der Waals surface area contributed by atoms with E-state index in [4.69, 9.17) is 4.42 Å². The van der Waals surface area contributed by atoms with E-state index in [2.05, 4.69) is 0 Å². The number of rotatable bonds is 5. The van der Waals surface area contributed by atoms with E-state index < -0.39 is 23.5 Å². The van der Waals surface area contributed by atoms with Crippen LogP contribution in [0.25, 0.3) is 5.76 Å². The van der Waals surface area contributed by atoms with Gasteiger partial charge in [-0.3, -0.25) is 9.59 Å². The molecular weight excluding hydrogens is 339 g/mol. The Morgan fingerprint density at radius 3 is 2.50 bits per heavy atom. The van der Waals surface area contributed by atoms with Crippen LogP contribution in [0.2, 0.25) is 0 Å². The fourth-order valence-corrected chi connectivity index (χ4v) is 2.96. The Bertz CT molecular complexity index is 841. The predicted octanol–water partition coefficient (Wildman–Crippen LogP) is 0.985. The average Bonchev–Trinajstić information content (AvgIpc) is 3.21. The molecule has 1 amide bonds. The second-order valence-electron chi connectivity index (χ2n) is 6.47. The second-order valence-corrected chi connectivity index (χ2v) is 6.47. The van der Waals surface area contributed by atoms with Crippen LogP contribution in [0.3, 0.4) is 0 Å². The third-order valence-electron chi connectivity index (χ3n) is 4.32. The van der Waals surface area contributed by atoms with Crippen molar-refractivity contribution in [1.29, 1.82) is 0 Å². The van der Waals surface area contributed by atoms with Crippen molar-refractivity contribution in [2.75, 3.05) is 27.2 Å². The molecule has 1 atom stereocenters. The van der Waals surface area contributed by atoms with Crippen molar-refractivity contribution in [2.24, 2.45) is 0 Å². The molecule has 1 aliphatic rings. The van der Waals surface area contributed by atoms with E-state index in [0.29, 0.717) is 18.8 Å². The lowest BCUT2D eigenvalue weighted by Gasteiger charge is -2.23. The number of amides is 1. The Balaban J connectivity index is 2.09. The van der Waals surface area contributed by atoms with Gasteiger partial charge in [-0.1, -0.05) is 0 Å². The molecule has 1 aromatic heterocycles. The SMILES string of the molecule is C[NH+](C)CCN1C(=O)C(=O)C(=C(O)c2ccc(F)cc2)[C@@H]1c1ccco1. The van der Waals surface area contributed by atoms with Crippen LogP contribution in [0.5, 0.6) is 0 Å². The van der Waals surface area contributed by atoms with Gasteiger partial charge in [-0.05, 0) is 36.4 Å². The molecule has 1 aromatic carbocycles. The fourth-order valence-electron chi connectivity index (χ4n) is 2.96. The summed E-state index contributed by atoms with van der Waals surface area (Å²) in [6.45, 7) is 0.958. The minimum Gasteiger partial charge on any atom is -0.507 e. The summed E-state index contributed by atoms with van der Waals surface area (Å²) >= 11 is 0. The monoisotopic (exact) mass is 359 g/mol. The maximum Gasteiger partial charge on any atom is 0.295 e. The number of carbonyl (C=O) groups is 2. The molecule has 1 fully saturated rings. The number of nitrogens with zero attached hydrogens (tertiary/aromatic N) is 1. The third kappa shape index (κ3) is 3.25. The van der Waals surface area contributed by atoms with E-state index in [1.54, 1.807) is 12.1 Å². The molecule has 0 unspecified atom stereocenters. The number of carbonyl (C=O) groups excluding carboxylic acids is 2. The van der Waals surface area contributed by atoms with Gasteiger partial charge in [0.2, 0.25) is 0 Å². The van der Waals surface area contributed by atoms with E-state index in [0.717, 1.165) is 4.90 Å². The van der Waals surface area contributed by atoms with Crippen LogP contribution in [0.15, 0.2) is 52.7 Å². The molecule has 1 saturated heterocycles. The van der Waals surface area contributed by atoms with Crippen molar-refractivity contribution in [3.63, 3.8) is 0 Å².